The highest BCUT2D eigenvalue weighted by molar-refractivity contribution is 7.10. The van der Waals surface area contributed by atoms with E-state index in [1.165, 1.54) is 10.4 Å². The van der Waals surface area contributed by atoms with Gasteiger partial charge in [-0.25, -0.2) is 4.98 Å². The summed E-state index contributed by atoms with van der Waals surface area (Å²) in [6.07, 6.45) is 2.93. The normalized spacial score (nSPS) is 14.4. The van der Waals surface area contributed by atoms with Crippen LogP contribution in [0.2, 0.25) is 0 Å². The lowest BCUT2D eigenvalue weighted by atomic mass is 10.1. The van der Waals surface area contributed by atoms with E-state index in [1.54, 1.807) is 0 Å². The van der Waals surface area contributed by atoms with Crippen molar-refractivity contribution in [2.75, 3.05) is 30.4 Å². The highest BCUT2D eigenvalue weighted by Crippen LogP contribution is 2.26. The number of hydrogen-bond acceptors (Lipinski definition) is 5. The van der Waals surface area contributed by atoms with Crippen molar-refractivity contribution in [3.63, 3.8) is 0 Å². The molecule has 0 saturated heterocycles. The van der Waals surface area contributed by atoms with Crippen molar-refractivity contribution in [2.45, 2.75) is 13.0 Å². The van der Waals surface area contributed by atoms with E-state index < -0.39 is 0 Å². The van der Waals surface area contributed by atoms with E-state index in [2.05, 4.69) is 26.3 Å². The van der Waals surface area contributed by atoms with Gasteiger partial charge in [-0.2, -0.15) is 4.98 Å². The second-order valence-electron chi connectivity index (χ2n) is 4.65. The molecule has 0 N–H and O–H groups in total. The lowest BCUT2D eigenvalue weighted by Crippen LogP contribution is -2.31. The number of aromatic nitrogens is 2. The Morgan fingerprint density at radius 3 is 3.06 bits per heavy atom. The Kier molecular flexibility index (Phi) is 2.91. The summed E-state index contributed by atoms with van der Waals surface area (Å²) in [6, 6.07) is 4.14. The molecule has 18 heavy (non-hydrogen) atoms. The van der Waals surface area contributed by atoms with Gasteiger partial charge in [-0.3, -0.25) is 0 Å². The molecule has 4 nitrogen and oxygen atoms in total. The third-order valence-corrected chi connectivity index (χ3v) is 4.20. The number of nitrogens with zero attached hydrogens (tertiary/aromatic N) is 4. The summed E-state index contributed by atoms with van der Waals surface area (Å²) in [4.78, 5) is 14.8. The molecule has 2 aromatic heterocycles. The topological polar surface area (TPSA) is 32.3 Å². The number of hydrogen-bond donors (Lipinski definition) is 0. The average Bonchev–Trinajstić information content (AvgIpc) is 2.86. The summed E-state index contributed by atoms with van der Waals surface area (Å²) in [7, 11) is 4.00. The average molecular weight is 260 g/mol. The molecular weight excluding hydrogens is 244 g/mol. The fourth-order valence-electron chi connectivity index (χ4n) is 2.16. The fraction of sp³-hybridized carbons (Fsp3) is 0.385. The van der Waals surface area contributed by atoms with Crippen molar-refractivity contribution >= 4 is 23.1 Å². The first-order valence-corrected chi connectivity index (χ1v) is 6.92. The van der Waals surface area contributed by atoms with Crippen LogP contribution in [0, 0.1) is 0 Å². The molecule has 0 saturated carbocycles. The summed E-state index contributed by atoms with van der Waals surface area (Å²) >= 11 is 1.85. The Balaban J connectivity index is 1.86. The number of fused-ring (bicyclic) bond motifs is 1. The molecule has 0 aromatic carbocycles. The number of rotatable bonds is 2. The molecule has 1 aliphatic heterocycles. The predicted molar refractivity (Wildman–Crippen MR) is 75.4 cm³/mol. The van der Waals surface area contributed by atoms with Crippen LogP contribution in [-0.4, -0.2) is 30.6 Å². The van der Waals surface area contributed by atoms with Gasteiger partial charge in [0.25, 0.3) is 0 Å². The van der Waals surface area contributed by atoms with Gasteiger partial charge in [-0.05, 0) is 29.5 Å². The van der Waals surface area contributed by atoms with E-state index in [-0.39, 0.29) is 0 Å². The van der Waals surface area contributed by atoms with Crippen LogP contribution in [-0.2, 0) is 13.0 Å². The summed E-state index contributed by atoms with van der Waals surface area (Å²) in [6.45, 7) is 1.93. The van der Waals surface area contributed by atoms with Crippen LogP contribution in [0.15, 0.2) is 23.7 Å². The van der Waals surface area contributed by atoms with Crippen LogP contribution in [0.25, 0.3) is 0 Å². The maximum absolute atomic E-state index is 4.60. The van der Waals surface area contributed by atoms with Crippen LogP contribution >= 0.6 is 11.3 Å². The van der Waals surface area contributed by atoms with Crippen molar-refractivity contribution in [3.05, 3.63) is 34.2 Å². The highest BCUT2D eigenvalue weighted by Gasteiger charge is 2.19. The highest BCUT2D eigenvalue weighted by atomic mass is 32.1. The molecule has 3 rings (SSSR count). The predicted octanol–water partition coefficient (Wildman–Crippen LogP) is 2.17. The molecule has 0 atom stereocenters. The number of anilines is 2. The second kappa shape index (κ2) is 4.57. The standard InChI is InChI=1S/C13H16N4S/c1-16(2)12-3-6-14-13(15-12)17-7-4-11-10(9-17)5-8-18-11/h3,5-6,8H,4,7,9H2,1-2H3. The van der Waals surface area contributed by atoms with Gasteiger partial charge in [0.2, 0.25) is 5.95 Å². The first-order chi connectivity index (χ1) is 8.74. The Labute approximate surface area is 111 Å². The van der Waals surface area contributed by atoms with Gasteiger partial charge >= 0.3 is 0 Å². The van der Waals surface area contributed by atoms with Gasteiger partial charge in [0.15, 0.2) is 0 Å². The maximum Gasteiger partial charge on any atom is 0.227 e. The molecule has 0 radical (unpaired) electrons. The number of thiophene rings is 1. The van der Waals surface area contributed by atoms with Crippen molar-refractivity contribution in [1.82, 2.24) is 9.97 Å². The molecule has 5 heteroatoms. The summed E-state index contributed by atoms with van der Waals surface area (Å²) in [5, 5.41) is 2.17. The molecular formula is C13H16N4S. The zero-order chi connectivity index (χ0) is 12.5. The minimum Gasteiger partial charge on any atom is -0.363 e. The molecule has 94 valence electrons. The molecule has 0 fully saturated rings. The third kappa shape index (κ3) is 2.06. The van der Waals surface area contributed by atoms with Crippen molar-refractivity contribution < 1.29 is 0 Å². The molecule has 0 aliphatic carbocycles. The van der Waals surface area contributed by atoms with Gasteiger partial charge in [0.1, 0.15) is 5.82 Å². The zero-order valence-corrected chi connectivity index (χ0v) is 11.4. The molecule has 3 heterocycles. The zero-order valence-electron chi connectivity index (χ0n) is 10.6. The Hall–Kier alpha value is -1.62. The molecule has 0 unspecified atom stereocenters. The monoisotopic (exact) mass is 260 g/mol. The largest absolute Gasteiger partial charge is 0.363 e. The third-order valence-electron chi connectivity index (χ3n) is 3.18. The van der Waals surface area contributed by atoms with Crippen LogP contribution in [0.1, 0.15) is 10.4 Å². The molecule has 0 spiro atoms. The van der Waals surface area contributed by atoms with Crippen LogP contribution in [0.4, 0.5) is 11.8 Å². The van der Waals surface area contributed by atoms with E-state index >= 15 is 0 Å². The summed E-state index contributed by atoms with van der Waals surface area (Å²) < 4.78 is 0. The first kappa shape index (κ1) is 11.5. The Bertz CT molecular complexity index is 549. The fourth-order valence-corrected chi connectivity index (χ4v) is 3.05. The quantitative estimate of drug-likeness (QED) is 0.828. The second-order valence-corrected chi connectivity index (χ2v) is 5.65. The lowest BCUT2D eigenvalue weighted by Gasteiger charge is -2.27. The van der Waals surface area contributed by atoms with Crippen LogP contribution in [0.3, 0.4) is 0 Å². The van der Waals surface area contributed by atoms with Gasteiger partial charge in [-0.1, -0.05) is 0 Å². The first-order valence-electron chi connectivity index (χ1n) is 6.04. The smallest absolute Gasteiger partial charge is 0.227 e. The minimum atomic E-state index is 0.832. The van der Waals surface area contributed by atoms with Crippen molar-refractivity contribution in [1.29, 1.82) is 0 Å². The van der Waals surface area contributed by atoms with E-state index in [1.807, 2.05) is 42.6 Å². The van der Waals surface area contributed by atoms with Crippen molar-refractivity contribution in [2.24, 2.45) is 0 Å². The van der Waals surface area contributed by atoms with Gasteiger partial charge in [-0.15, -0.1) is 11.3 Å². The van der Waals surface area contributed by atoms with Gasteiger partial charge < -0.3 is 9.80 Å². The van der Waals surface area contributed by atoms with E-state index in [0.717, 1.165) is 31.3 Å². The van der Waals surface area contributed by atoms with Crippen LogP contribution in [0.5, 0.6) is 0 Å². The summed E-state index contributed by atoms with van der Waals surface area (Å²) in [5.41, 5.74) is 1.42. The van der Waals surface area contributed by atoms with Crippen LogP contribution < -0.4 is 9.80 Å². The summed E-state index contributed by atoms with van der Waals surface area (Å²) in [5.74, 6) is 1.79. The molecule has 0 bridgehead atoms. The van der Waals surface area contributed by atoms with Gasteiger partial charge in [0, 0.05) is 38.3 Å². The Morgan fingerprint density at radius 1 is 1.33 bits per heavy atom. The SMILES string of the molecule is CN(C)c1ccnc(N2CCc3sccc3C2)n1. The lowest BCUT2D eigenvalue weighted by molar-refractivity contribution is 0.717. The molecule has 1 aliphatic rings. The Morgan fingerprint density at radius 2 is 2.22 bits per heavy atom. The van der Waals surface area contributed by atoms with Gasteiger partial charge in [0.05, 0.1) is 0 Å². The van der Waals surface area contributed by atoms with Crippen molar-refractivity contribution in [3.8, 4) is 0 Å². The minimum absolute atomic E-state index is 0.832. The molecule has 0 amide bonds. The van der Waals surface area contributed by atoms with E-state index in [4.69, 9.17) is 0 Å². The maximum atomic E-state index is 4.60. The van der Waals surface area contributed by atoms with E-state index in [9.17, 15) is 0 Å². The molecule has 2 aromatic rings. The van der Waals surface area contributed by atoms with E-state index in [0.29, 0.717) is 0 Å².